The molecule has 1 aliphatic carbocycles. The zero-order valence-corrected chi connectivity index (χ0v) is 14.6. The maximum absolute atomic E-state index is 12.3. The summed E-state index contributed by atoms with van der Waals surface area (Å²) in [5, 5.41) is 2.72. The average molecular weight is 345 g/mol. The van der Waals surface area contributed by atoms with Crippen molar-refractivity contribution in [1.82, 2.24) is 9.71 Å². The fraction of sp³-hybridized carbons (Fsp3) is 0.800. The zero-order chi connectivity index (χ0) is 15.6. The van der Waals surface area contributed by atoms with Crippen molar-refractivity contribution in [2.45, 2.75) is 69.3 Å². The molecule has 2 fully saturated rings. The van der Waals surface area contributed by atoms with E-state index in [-0.39, 0.29) is 17.4 Å². The van der Waals surface area contributed by atoms with Crippen molar-refractivity contribution in [3.05, 3.63) is 16.1 Å². The first-order chi connectivity index (χ1) is 10.5. The van der Waals surface area contributed by atoms with Gasteiger partial charge in [-0.3, -0.25) is 0 Å². The molecular weight excluding hydrogens is 320 g/mol. The first-order valence-electron chi connectivity index (χ1n) is 8.01. The monoisotopic (exact) mass is 344 g/mol. The molecule has 1 saturated carbocycles. The lowest BCUT2D eigenvalue weighted by Crippen LogP contribution is -2.46. The third kappa shape index (κ3) is 4.07. The summed E-state index contributed by atoms with van der Waals surface area (Å²) >= 11 is 1.49. The Bertz CT molecular complexity index is 596. The number of aryl methyl sites for hydroxylation is 1. The SMILES string of the molecule is Cc1nc(CS(=O)(=O)NC2CCC3(CCCCO3)CC2)cs1. The van der Waals surface area contributed by atoms with E-state index >= 15 is 0 Å². The van der Waals surface area contributed by atoms with Gasteiger partial charge in [0.2, 0.25) is 10.0 Å². The van der Waals surface area contributed by atoms with Crippen LogP contribution in [0.2, 0.25) is 0 Å². The van der Waals surface area contributed by atoms with Crippen LogP contribution in [0.15, 0.2) is 5.38 Å². The van der Waals surface area contributed by atoms with E-state index in [1.165, 1.54) is 17.8 Å². The van der Waals surface area contributed by atoms with Crippen LogP contribution in [-0.4, -0.2) is 31.7 Å². The summed E-state index contributed by atoms with van der Waals surface area (Å²) in [5.41, 5.74) is 0.671. The smallest absolute Gasteiger partial charge is 0.217 e. The Morgan fingerprint density at radius 1 is 1.36 bits per heavy atom. The topological polar surface area (TPSA) is 68.3 Å². The highest BCUT2D eigenvalue weighted by Crippen LogP contribution is 2.38. The minimum Gasteiger partial charge on any atom is -0.375 e. The van der Waals surface area contributed by atoms with Crippen LogP contribution in [0.25, 0.3) is 0 Å². The van der Waals surface area contributed by atoms with Crippen LogP contribution in [0.1, 0.15) is 55.6 Å². The second kappa shape index (κ2) is 6.55. The van der Waals surface area contributed by atoms with Gasteiger partial charge < -0.3 is 4.74 Å². The molecule has 2 heterocycles. The Labute approximate surface area is 136 Å². The van der Waals surface area contributed by atoms with E-state index in [0.29, 0.717) is 5.69 Å². The van der Waals surface area contributed by atoms with Gasteiger partial charge in [0, 0.05) is 18.0 Å². The van der Waals surface area contributed by atoms with Gasteiger partial charge in [-0.1, -0.05) is 0 Å². The predicted octanol–water partition coefficient (Wildman–Crippen LogP) is 2.75. The number of nitrogens with one attached hydrogen (secondary N) is 1. The third-order valence-corrected chi connectivity index (χ3v) is 6.87. The van der Waals surface area contributed by atoms with Crippen LogP contribution < -0.4 is 4.72 Å². The molecule has 1 aromatic rings. The molecule has 5 nitrogen and oxygen atoms in total. The largest absolute Gasteiger partial charge is 0.375 e. The molecule has 124 valence electrons. The molecule has 7 heteroatoms. The quantitative estimate of drug-likeness (QED) is 0.912. The van der Waals surface area contributed by atoms with Crippen molar-refractivity contribution in [2.24, 2.45) is 0 Å². The summed E-state index contributed by atoms with van der Waals surface area (Å²) in [4.78, 5) is 4.24. The minimum absolute atomic E-state index is 0.0184. The Morgan fingerprint density at radius 3 is 2.73 bits per heavy atom. The van der Waals surface area contributed by atoms with Crippen LogP contribution in [-0.2, 0) is 20.5 Å². The second-order valence-corrected chi connectivity index (χ2v) is 9.31. The van der Waals surface area contributed by atoms with Crippen molar-refractivity contribution < 1.29 is 13.2 Å². The molecule has 1 aliphatic heterocycles. The number of hydrogen-bond donors (Lipinski definition) is 1. The number of sulfonamides is 1. The van der Waals surface area contributed by atoms with Crippen LogP contribution >= 0.6 is 11.3 Å². The van der Waals surface area contributed by atoms with E-state index < -0.39 is 10.0 Å². The molecule has 0 unspecified atom stereocenters. The van der Waals surface area contributed by atoms with Crippen molar-refractivity contribution in [2.75, 3.05) is 6.61 Å². The Hall–Kier alpha value is -0.500. The maximum Gasteiger partial charge on any atom is 0.217 e. The van der Waals surface area contributed by atoms with Gasteiger partial charge >= 0.3 is 0 Å². The Kier molecular flexibility index (Phi) is 4.87. The molecule has 0 radical (unpaired) electrons. The normalized spacial score (nSPS) is 29.8. The van der Waals surface area contributed by atoms with Crippen molar-refractivity contribution >= 4 is 21.4 Å². The van der Waals surface area contributed by atoms with Gasteiger partial charge in [-0.05, 0) is 51.9 Å². The van der Waals surface area contributed by atoms with Crippen LogP contribution in [0.4, 0.5) is 0 Å². The van der Waals surface area contributed by atoms with Gasteiger partial charge in [0.25, 0.3) is 0 Å². The molecule has 2 aliphatic rings. The minimum atomic E-state index is -3.31. The molecule has 1 aromatic heterocycles. The highest BCUT2D eigenvalue weighted by molar-refractivity contribution is 7.88. The summed E-state index contributed by atoms with van der Waals surface area (Å²) in [6.07, 6.45) is 7.20. The molecule has 22 heavy (non-hydrogen) atoms. The van der Waals surface area contributed by atoms with Crippen molar-refractivity contribution in [1.29, 1.82) is 0 Å². The fourth-order valence-electron chi connectivity index (χ4n) is 3.53. The Balaban J connectivity index is 1.53. The molecular formula is C15H24N2O3S2. The highest BCUT2D eigenvalue weighted by atomic mass is 32.2. The third-order valence-electron chi connectivity index (χ3n) is 4.68. The van der Waals surface area contributed by atoms with Crippen LogP contribution in [0, 0.1) is 6.92 Å². The van der Waals surface area contributed by atoms with E-state index in [9.17, 15) is 8.42 Å². The van der Waals surface area contributed by atoms with Crippen LogP contribution in [0.5, 0.6) is 0 Å². The molecule has 1 saturated heterocycles. The molecule has 0 bridgehead atoms. The number of aromatic nitrogens is 1. The number of nitrogens with zero attached hydrogens (tertiary/aromatic N) is 1. The van der Waals surface area contributed by atoms with Gasteiger partial charge in [-0.2, -0.15) is 0 Å². The summed E-state index contributed by atoms with van der Waals surface area (Å²) in [5.74, 6) is -0.0184. The van der Waals surface area contributed by atoms with E-state index in [2.05, 4.69) is 9.71 Å². The van der Waals surface area contributed by atoms with Gasteiger partial charge in [-0.15, -0.1) is 11.3 Å². The summed E-state index contributed by atoms with van der Waals surface area (Å²) in [6.45, 7) is 2.75. The maximum atomic E-state index is 12.3. The van der Waals surface area contributed by atoms with Crippen molar-refractivity contribution in [3.8, 4) is 0 Å². The lowest BCUT2D eigenvalue weighted by atomic mass is 9.78. The number of hydrogen-bond acceptors (Lipinski definition) is 5. The molecule has 0 aromatic carbocycles. The molecule has 3 rings (SSSR count). The average Bonchev–Trinajstić information content (AvgIpc) is 2.87. The lowest BCUT2D eigenvalue weighted by molar-refractivity contribution is -0.102. The van der Waals surface area contributed by atoms with E-state index in [0.717, 1.165) is 50.1 Å². The standard InChI is InChI=1S/C15H24N2O3S2/c1-12-16-14(10-21-12)11-22(18,19)17-13-4-7-15(8-5-13)6-2-3-9-20-15/h10,13,17H,2-9,11H2,1H3. The zero-order valence-electron chi connectivity index (χ0n) is 13.0. The van der Waals surface area contributed by atoms with Gasteiger partial charge in [0.15, 0.2) is 0 Å². The summed E-state index contributed by atoms with van der Waals surface area (Å²) in [6, 6.07) is 0.0425. The summed E-state index contributed by atoms with van der Waals surface area (Å²) in [7, 11) is -3.31. The number of rotatable bonds is 4. The second-order valence-electron chi connectivity index (χ2n) is 6.50. The van der Waals surface area contributed by atoms with Gasteiger partial charge in [0.05, 0.1) is 16.3 Å². The molecule has 1 N–H and O–H groups in total. The molecule has 1 spiro atoms. The summed E-state index contributed by atoms with van der Waals surface area (Å²) < 4.78 is 33.4. The van der Waals surface area contributed by atoms with E-state index in [1.807, 2.05) is 12.3 Å². The first-order valence-corrected chi connectivity index (χ1v) is 10.5. The number of thiazole rings is 1. The van der Waals surface area contributed by atoms with Crippen LogP contribution in [0.3, 0.4) is 0 Å². The fourth-order valence-corrected chi connectivity index (χ4v) is 5.61. The highest BCUT2D eigenvalue weighted by Gasteiger charge is 2.38. The predicted molar refractivity (Wildman–Crippen MR) is 87.4 cm³/mol. The Morgan fingerprint density at radius 2 is 2.14 bits per heavy atom. The lowest BCUT2D eigenvalue weighted by Gasteiger charge is -2.42. The van der Waals surface area contributed by atoms with Crippen molar-refractivity contribution in [3.63, 3.8) is 0 Å². The number of ether oxygens (including phenoxy) is 1. The first kappa shape index (κ1) is 16.4. The molecule has 0 amide bonds. The van der Waals surface area contributed by atoms with Gasteiger partial charge in [0.1, 0.15) is 5.75 Å². The van der Waals surface area contributed by atoms with Gasteiger partial charge in [-0.25, -0.2) is 18.1 Å². The molecule has 0 atom stereocenters. The van der Waals surface area contributed by atoms with E-state index in [4.69, 9.17) is 4.74 Å². The van der Waals surface area contributed by atoms with E-state index in [1.54, 1.807) is 0 Å².